The van der Waals surface area contributed by atoms with Gasteiger partial charge in [-0.25, -0.2) is 9.97 Å². The van der Waals surface area contributed by atoms with E-state index in [1.165, 1.54) is 11.9 Å². The van der Waals surface area contributed by atoms with Crippen molar-refractivity contribution < 1.29 is 0 Å². The summed E-state index contributed by atoms with van der Waals surface area (Å²) in [6.07, 6.45) is 4.75. The minimum absolute atomic E-state index is 0.237. The zero-order chi connectivity index (χ0) is 13.3. The van der Waals surface area contributed by atoms with E-state index in [0.29, 0.717) is 10.8 Å². The third kappa shape index (κ3) is 2.58. The van der Waals surface area contributed by atoms with Gasteiger partial charge >= 0.3 is 0 Å². The molecule has 98 valence electrons. The van der Waals surface area contributed by atoms with E-state index in [1.54, 1.807) is 0 Å². The molecule has 1 aromatic rings. The van der Waals surface area contributed by atoms with Crippen molar-refractivity contribution in [3.8, 4) is 0 Å². The zero-order valence-electron chi connectivity index (χ0n) is 11.1. The van der Waals surface area contributed by atoms with Crippen LogP contribution in [-0.4, -0.2) is 23.1 Å². The second-order valence-corrected chi connectivity index (χ2v) is 5.95. The Morgan fingerprint density at radius 1 is 1.33 bits per heavy atom. The third-order valence-corrected chi connectivity index (χ3v) is 3.63. The summed E-state index contributed by atoms with van der Waals surface area (Å²) in [6.45, 7) is 8.46. The molecule has 1 aliphatic heterocycles. The molecular weight excluding hydrogens is 248 g/mol. The summed E-state index contributed by atoms with van der Waals surface area (Å²) in [4.78, 5) is 10.2. The number of nitrogens with two attached hydrogens (primary N) is 1. The Balaban J connectivity index is 2.20. The molecule has 5 heteroatoms. The van der Waals surface area contributed by atoms with Gasteiger partial charge in [-0.05, 0) is 11.8 Å². The van der Waals surface area contributed by atoms with Crippen LogP contribution in [0.5, 0.6) is 0 Å². The maximum atomic E-state index is 6.14. The second-order valence-electron chi connectivity index (χ2n) is 5.57. The fourth-order valence-electron chi connectivity index (χ4n) is 2.14. The monoisotopic (exact) mass is 266 g/mol. The van der Waals surface area contributed by atoms with E-state index in [2.05, 4.69) is 41.7 Å². The van der Waals surface area contributed by atoms with Gasteiger partial charge in [0.1, 0.15) is 17.2 Å². The van der Waals surface area contributed by atoms with Crippen LogP contribution in [0, 0.1) is 5.41 Å². The number of nitrogen functional groups attached to an aromatic ring is 1. The van der Waals surface area contributed by atoms with E-state index in [0.717, 1.165) is 25.3 Å². The molecule has 0 fully saturated rings. The van der Waals surface area contributed by atoms with Gasteiger partial charge in [-0.3, -0.25) is 0 Å². The maximum absolute atomic E-state index is 6.14. The smallest absolute Gasteiger partial charge is 0.153 e. The summed E-state index contributed by atoms with van der Waals surface area (Å²) in [5.41, 5.74) is 7.42. The van der Waals surface area contributed by atoms with Gasteiger partial charge in [-0.15, -0.1) is 0 Å². The molecule has 0 spiro atoms. The fraction of sp³-hybridized carbons (Fsp3) is 0.538. The van der Waals surface area contributed by atoms with Crippen molar-refractivity contribution in [1.29, 1.82) is 0 Å². The van der Waals surface area contributed by atoms with E-state index in [4.69, 9.17) is 17.3 Å². The van der Waals surface area contributed by atoms with Crippen LogP contribution < -0.4 is 10.6 Å². The van der Waals surface area contributed by atoms with Crippen molar-refractivity contribution in [2.75, 3.05) is 23.7 Å². The van der Waals surface area contributed by atoms with Gasteiger partial charge in [0.05, 0.1) is 0 Å². The van der Waals surface area contributed by atoms with Crippen LogP contribution in [0.1, 0.15) is 27.2 Å². The number of aromatic nitrogens is 2. The van der Waals surface area contributed by atoms with E-state index in [-0.39, 0.29) is 5.41 Å². The first-order chi connectivity index (χ1) is 8.39. The van der Waals surface area contributed by atoms with Crippen molar-refractivity contribution >= 4 is 23.2 Å². The quantitative estimate of drug-likeness (QED) is 0.794. The average molecular weight is 267 g/mol. The van der Waals surface area contributed by atoms with Crippen molar-refractivity contribution in [1.82, 2.24) is 9.97 Å². The molecule has 0 saturated carbocycles. The van der Waals surface area contributed by atoms with Crippen LogP contribution in [0.15, 0.2) is 18.0 Å². The van der Waals surface area contributed by atoms with Crippen molar-refractivity contribution in [2.24, 2.45) is 5.41 Å². The number of hydrogen-bond acceptors (Lipinski definition) is 4. The van der Waals surface area contributed by atoms with Gasteiger partial charge in [0.15, 0.2) is 5.82 Å². The Labute approximate surface area is 113 Å². The summed E-state index contributed by atoms with van der Waals surface area (Å²) in [6, 6.07) is 0. The molecule has 0 radical (unpaired) electrons. The minimum atomic E-state index is 0.237. The zero-order valence-corrected chi connectivity index (χ0v) is 11.8. The largest absolute Gasteiger partial charge is 0.382 e. The average Bonchev–Trinajstić information content (AvgIpc) is 2.32. The van der Waals surface area contributed by atoms with Crippen LogP contribution in [0.4, 0.5) is 11.6 Å². The van der Waals surface area contributed by atoms with Crippen LogP contribution in [0.2, 0.25) is 5.02 Å². The minimum Gasteiger partial charge on any atom is -0.382 e. The van der Waals surface area contributed by atoms with Crippen molar-refractivity contribution in [3.63, 3.8) is 0 Å². The predicted octanol–water partition coefficient (Wildman–Crippen LogP) is 2.89. The highest BCUT2D eigenvalue weighted by atomic mass is 35.5. The summed E-state index contributed by atoms with van der Waals surface area (Å²) in [5.74, 6) is 1.07. The normalized spacial score (nSPS) is 16.7. The van der Waals surface area contributed by atoms with Crippen molar-refractivity contribution in [2.45, 2.75) is 27.2 Å². The Kier molecular flexibility index (Phi) is 3.48. The Hall–Kier alpha value is -1.29. The van der Waals surface area contributed by atoms with Gasteiger partial charge in [0.25, 0.3) is 0 Å². The lowest BCUT2D eigenvalue weighted by atomic mass is 9.83. The first-order valence-electron chi connectivity index (χ1n) is 6.10. The van der Waals surface area contributed by atoms with E-state index < -0.39 is 0 Å². The van der Waals surface area contributed by atoms with Crippen molar-refractivity contribution in [3.05, 3.63) is 23.0 Å². The summed E-state index contributed by atoms with van der Waals surface area (Å²) in [7, 11) is 0. The van der Waals surface area contributed by atoms with Gasteiger partial charge in [0.2, 0.25) is 0 Å². The highest BCUT2D eigenvalue weighted by Gasteiger charge is 2.23. The molecule has 2 rings (SSSR count). The summed E-state index contributed by atoms with van der Waals surface area (Å²) >= 11 is 6.14. The summed E-state index contributed by atoms with van der Waals surface area (Å²) < 4.78 is 0. The highest BCUT2D eigenvalue weighted by Crippen LogP contribution is 2.33. The van der Waals surface area contributed by atoms with Crippen LogP contribution in [0.3, 0.4) is 0 Å². The number of anilines is 2. The number of rotatable bonds is 1. The molecule has 4 nitrogen and oxygen atoms in total. The topological polar surface area (TPSA) is 55.0 Å². The lowest BCUT2D eigenvalue weighted by Crippen LogP contribution is -2.32. The Morgan fingerprint density at radius 3 is 2.61 bits per heavy atom. The molecule has 2 N–H and O–H groups in total. The molecule has 0 saturated heterocycles. The lowest BCUT2D eigenvalue weighted by Gasteiger charge is -2.33. The number of halogens is 1. The first-order valence-corrected chi connectivity index (χ1v) is 6.48. The number of nitrogens with zero attached hydrogens (tertiary/aromatic N) is 3. The fourth-order valence-corrected chi connectivity index (χ4v) is 2.35. The molecule has 0 aromatic carbocycles. The van der Waals surface area contributed by atoms with Gasteiger partial charge in [0, 0.05) is 13.1 Å². The molecule has 0 unspecified atom stereocenters. The first kappa shape index (κ1) is 13.1. The predicted molar refractivity (Wildman–Crippen MR) is 75.8 cm³/mol. The second kappa shape index (κ2) is 4.76. The van der Waals surface area contributed by atoms with E-state index >= 15 is 0 Å². The molecule has 0 amide bonds. The molecule has 0 atom stereocenters. The molecule has 0 aliphatic carbocycles. The maximum Gasteiger partial charge on any atom is 0.153 e. The van der Waals surface area contributed by atoms with Crippen LogP contribution in [0.25, 0.3) is 0 Å². The van der Waals surface area contributed by atoms with Crippen LogP contribution >= 0.6 is 11.6 Å². The summed E-state index contributed by atoms with van der Waals surface area (Å²) in [5, 5.41) is 0.449. The highest BCUT2D eigenvalue weighted by molar-refractivity contribution is 6.35. The van der Waals surface area contributed by atoms with Gasteiger partial charge < -0.3 is 10.6 Å². The SMILES string of the molecule is CC(C)(C)C1=CCN(c2ncnc(N)c2Cl)CC1. The van der Waals surface area contributed by atoms with Gasteiger partial charge in [-0.1, -0.05) is 44.0 Å². The third-order valence-electron chi connectivity index (χ3n) is 3.27. The van der Waals surface area contributed by atoms with E-state index in [9.17, 15) is 0 Å². The lowest BCUT2D eigenvalue weighted by molar-refractivity contribution is 0.472. The Morgan fingerprint density at radius 2 is 2.06 bits per heavy atom. The van der Waals surface area contributed by atoms with E-state index in [1.807, 2.05) is 0 Å². The number of hydrogen-bond donors (Lipinski definition) is 1. The molecule has 1 aliphatic rings. The Bertz CT molecular complexity index is 476. The molecule has 18 heavy (non-hydrogen) atoms. The standard InChI is InChI=1S/C13H19ClN4/c1-13(2,3)9-4-6-18(7-5-9)12-10(14)11(15)16-8-17-12/h4,8H,5-7H2,1-3H3,(H2,15,16,17). The van der Waals surface area contributed by atoms with Gasteiger partial charge in [-0.2, -0.15) is 0 Å². The van der Waals surface area contributed by atoms with Crippen LogP contribution in [-0.2, 0) is 0 Å². The molecular formula is C13H19ClN4. The molecule has 0 bridgehead atoms. The molecule has 1 aromatic heterocycles. The molecule has 2 heterocycles.